The normalized spacial score (nSPS) is 13.1. The molecule has 0 unspecified atom stereocenters. The molecule has 3 aromatic rings. The first-order chi connectivity index (χ1) is 14.2. The largest absolute Gasteiger partial charge is 0.494 e. The van der Waals surface area contributed by atoms with Crippen molar-refractivity contribution < 1.29 is 4.74 Å². The quantitative estimate of drug-likeness (QED) is 0.578. The number of hydrogen-bond donors (Lipinski definition) is 2. The van der Waals surface area contributed by atoms with Gasteiger partial charge in [0.25, 0.3) is 0 Å². The molecule has 0 atom stereocenters. The van der Waals surface area contributed by atoms with E-state index in [9.17, 15) is 0 Å². The first kappa shape index (κ1) is 19.1. The van der Waals surface area contributed by atoms with Gasteiger partial charge in [-0.25, -0.2) is 9.97 Å². The minimum absolute atomic E-state index is 0.565. The smallest absolute Gasteiger partial charge is 0.159 e. The fraction of sp³-hybridized carbons (Fsp3) is 0.304. The van der Waals surface area contributed by atoms with Crippen molar-refractivity contribution in [3.8, 4) is 5.75 Å². The van der Waals surface area contributed by atoms with Gasteiger partial charge in [-0.1, -0.05) is 37.6 Å². The Balaban J connectivity index is 1.47. The van der Waals surface area contributed by atoms with Crippen LogP contribution in [0, 0.1) is 0 Å². The van der Waals surface area contributed by atoms with E-state index in [1.807, 2.05) is 24.3 Å². The highest BCUT2D eigenvalue weighted by molar-refractivity contribution is 5.78. The number of nitrogens with one attached hydrogen (secondary N) is 1. The lowest BCUT2D eigenvalue weighted by Crippen LogP contribution is -2.31. The van der Waals surface area contributed by atoms with Gasteiger partial charge in [-0.15, -0.1) is 0 Å². The Morgan fingerprint density at radius 2 is 1.86 bits per heavy atom. The van der Waals surface area contributed by atoms with Crippen LogP contribution in [0.25, 0.3) is 0 Å². The monoisotopic (exact) mass is 389 g/mol. The summed E-state index contributed by atoms with van der Waals surface area (Å²) in [7, 11) is 0. The fourth-order valence-corrected chi connectivity index (χ4v) is 3.52. The molecule has 2 aromatic carbocycles. The number of unbranched alkanes of at least 4 members (excludes halogenated alkanes) is 1. The standard InChI is InChI=1S/C23H27N5O/c1-2-3-14-29-20-10-8-19(9-11-20)27-22-21(24)23(26-16-25-22)28-13-12-17-6-4-5-7-18(17)15-28/h4-11,16H,2-3,12-15,24H2,1H3,(H,25,26,27). The van der Waals surface area contributed by atoms with Crippen LogP contribution in [0.5, 0.6) is 5.75 Å². The van der Waals surface area contributed by atoms with E-state index >= 15 is 0 Å². The van der Waals surface area contributed by atoms with Crippen LogP contribution in [0.1, 0.15) is 30.9 Å². The minimum Gasteiger partial charge on any atom is -0.494 e. The van der Waals surface area contributed by atoms with Crippen LogP contribution >= 0.6 is 0 Å². The van der Waals surface area contributed by atoms with Gasteiger partial charge >= 0.3 is 0 Å². The first-order valence-electron chi connectivity index (χ1n) is 10.2. The van der Waals surface area contributed by atoms with Gasteiger partial charge in [-0.05, 0) is 48.2 Å². The van der Waals surface area contributed by atoms with Gasteiger partial charge in [-0.2, -0.15) is 0 Å². The Bertz CT molecular complexity index is 958. The van der Waals surface area contributed by atoms with Crippen LogP contribution in [0.2, 0.25) is 0 Å². The summed E-state index contributed by atoms with van der Waals surface area (Å²) in [5.74, 6) is 2.26. The van der Waals surface area contributed by atoms with Crippen LogP contribution in [0.15, 0.2) is 54.9 Å². The summed E-state index contributed by atoms with van der Waals surface area (Å²) in [6.07, 6.45) is 4.73. The highest BCUT2D eigenvalue weighted by Crippen LogP contribution is 2.32. The molecule has 1 aliphatic heterocycles. The molecule has 1 aliphatic rings. The highest BCUT2D eigenvalue weighted by Gasteiger charge is 2.20. The third kappa shape index (κ3) is 4.42. The Labute approximate surface area is 171 Å². The predicted octanol–water partition coefficient (Wildman–Crippen LogP) is 4.54. The zero-order valence-corrected chi connectivity index (χ0v) is 16.8. The molecule has 0 aliphatic carbocycles. The van der Waals surface area contributed by atoms with Crippen molar-refractivity contribution in [2.75, 3.05) is 29.1 Å². The summed E-state index contributed by atoms with van der Waals surface area (Å²) in [6.45, 7) is 4.59. The van der Waals surface area contributed by atoms with Crippen LogP contribution in [-0.2, 0) is 13.0 Å². The summed E-state index contributed by atoms with van der Waals surface area (Å²) in [5.41, 5.74) is 10.6. The van der Waals surface area contributed by atoms with Crippen LogP contribution in [0.3, 0.4) is 0 Å². The zero-order chi connectivity index (χ0) is 20.1. The maximum Gasteiger partial charge on any atom is 0.159 e. The number of hydrogen-bond acceptors (Lipinski definition) is 6. The number of ether oxygens (including phenoxy) is 1. The van der Waals surface area contributed by atoms with Gasteiger partial charge in [0.1, 0.15) is 17.8 Å². The topological polar surface area (TPSA) is 76.3 Å². The van der Waals surface area contributed by atoms with Gasteiger partial charge in [0.2, 0.25) is 0 Å². The molecular formula is C23H27N5O. The second-order valence-electron chi connectivity index (χ2n) is 7.25. The van der Waals surface area contributed by atoms with Crippen LogP contribution < -0.4 is 20.7 Å². The molecule has 4 rings (SSSR count). The van der Waals surface area contributed by atoms with E-state index in [1.165, 1.54) is 11.1 Å². The molecule has 3 N–H and O–H groups in total. The van der Waals surface area contributed by atoms with Gasteiger partial charge < -0.3 is 20.7 Å². The summed E-state index contributed by atoms with van der Waals surface area (Å²) >= 11 is 0. The Kier molecular flexibility index (Phi) is 5.79. The molecular weight excluding hydrogens is 362 g/mol. The Morgan fingerprint density at radius 3 is 2.66 bits per heavy atom. The number of nitrogen functional groups attached to an aromatic ring is 1. The van der Waals surface area contributed by atoms with Crippen LogP contribution in [0.4, 0.5) is 23.0 Å². The molecule has 0 saturated carbocycles. The van der Waals surface area contributed by atoms with Crippen molar-refractivity contribution in [3.05, 3.63) is 66.0 Å². The van der Waals surface area contributed by atoms with E-state index < -0.39 is 0 Å². The molecule has 29 heavy (non-hydrogen) atoms. The lowest BCUT2D eigenvalue weighted by Gasteiger charge is -2.30. The van der Waals surface area contributed by atoms with Gasteiger partial charge in [-0.3, -0.25) is 0 Å². The highest BCUT2D eigenvalue weighted by atomic mass is 16.5. The van der Waals surface area contributed by atoms with Crippen molar-refractivity contribution in [3.63, 3.8) is 0 Å². The van der Waals surface area contributed by atoms with Crippen molar-refractivity contribution in [1.29, 1.82) is 0 Å². The molecule has 0 radical (unpaired) electrons. The summed E-state index contributed by atoms with van der Waals surface area (Å²) in [4.78, 5) is 11.0. The molecule has 0 fully saturated rings. The summed E-state index contributed by atoms with van der Waals surface area (Å²) < 4.78 is 5.72. The first-order valence-corrected chi connectivity index (χ1v) is 10.2. The second kappa shape index (κ2) is 8.82. The maximum absolute atomic E-state index is 6.44. The van der Waals surface area contributed by atoms with Gasteiger partial charge in [0.05, 0.1) is 6.61 Å². The number of fused-ring (bicyclic) bond motifs is 1. The van der Waals surface area contributed by atoms with Gasteiger partial charge in [0, 0.05) is 18.8 Å². The molecule has 2 heterocycles. The lowest BCUT2D eigenvalue weighted by atomic mass is 10.00. The molecule has 6 heteroatoms. The van der Waals surface area contributed by atoms with E-state index in [2.05, 4.69) is 51.4 Å². The Morgan fingerprint density at radius 1 is 1.07 bits per heavy atom. The number of benzene rings is 2. The average molecular weight is 390 g/mol. The van der Waals surface area contributed by atoms with E-state index in [0.29, 0.717) is 11.5 Å². The molecule has 0 amide bonds. The van der Waals surface area contributed by atoms with Crippen molar-refractivity contribution >= 4 is 23.0 Å². The minimum atomic E-state index is 0.565. The molecule has 0 bridgehead atoms. The summed E-state index contributed by atoms with van der Waals surface area (Å²) in [5, 5.41) is 3.31. The Hall–Kier alpha value is -3.28. The molecule has 1 aromatic heterocycles. The second-order valence-corrected chi connectivity index (χ2v) is 7.25. The van der Waals surface area contributed by atoms with Crippen molar-refractivity contribution in [2.24, 2.45) is 0 Å². The lowest BCUT2D eigenvalue weighted by molar-refractivity contribution is 0.309. The number of nitrogens with zero attached hydrogens (tertiary/aromatic N) is 3. The van der Waals surface area contributed by atoms with E-state index in [-0.39, 0.29) is 0 Å². The molecule has 0 spiro atoms. The van der Waals surface area contributed by atoms with E-state index in [0.717, 1.165) is 56.2 Å². The van der Waals surface area contributed by atoms with E-state index in [1.54, 1.807) is 6.33 Å². The van der Waals surface area contributed by atoms with Crippen molar-refractivity contribution in [2.45, 2.75) is 32.7 Å². The number of aromatic nitrogens is 2. The number of nitrogens with two attached hydrogens (primary N) is 1. The van der Waals surface area contributed by atoms with E-state index in [4.69, 9.17) is 10.5 Å². The molecule has 150 valence electrons. The third-order valence-electron chi connectivity index (χ3n) is 5.18. The van der Waals surface area contributed by atoms with Gasteiger partial charge in [0.15, 0.2) is 11.6 Å². The molecule has 6 nitrogen and oxygen atoms in total. The van der Waals surface area contributed by atoms with Crippen molar-refractivity contribution in [1.82, 2.24) is 9.97 Å². The fourth-order valence-electron chi connectivity index (χ4n) is 3.52. The summed E-state index contributed by atoms with van der Waals surface area (Å²) in [6, 6.07) is 16.4. The maximum atomic E-state index is 6.44. The number of rotatable bonds is 7. The predicted molar refractivity (Wildman–Crippen MR) is 118 cm³/mol. The molecule has 0 saturated heterocycles. The third-order valence-corrected chi connectivity index (χ3v) is 5.18. The SMILES string of the molecule is CCCCOc1ccc(Nc2ncnc(N3CCc4ccccc4C3)c2N)cc1. The average Bonchev–Trinajstić information content (AvgIpc) is 2.76. The van der Waals surface area contributed by atoms with Crippen LogP contribution in [-0.4, -0.2) is 23.1 Å². The zero-order valence-electron chi connectivity index (χ0n) is 16.8. The number of anilines is 4.